The van der Waals surface area contributed by atoms with Crippen molar-refractivity contribution in [1.82, 2.24) is 0 Å². The molecule has 0 aromatic heterocycles. The van der Waals surface area contributed by atoms with Gasteiger partial charge in [0.2, 0.25) is 0 Å². The van der Waals surface area contributed by atoms with Crippen molar-refractivity contribution in [3.63, 3.8) is 0 Å². The summed E-state index contributed by atoms with van der Waals surface area (Å²) in [6.07, 6.45) is 17.2. The average molecular weight is 411 g/mol. The second kappa shape index (κ2) is 13.4. The summed E-state index contributed by atoms with van der Waals surface area (Å²) < 4.78 is 16.7. The van der Waals surface area contributed by atoms with Crippen molar-refractivity contribution in [2.75, 3.05) is 20.3 Å². The van der Waals surface area contributed by atoms with Gasteiger partial charge in [0, 0.05) is 19.3 Å². The van der Waals surface area contributed by atoms with Crippen LogP contribution in [0.3, 0.4) is 0 Å². The molecule has 1 saturated heterocycles. The molecule has 2 rings (SSSR count). The number of aliphatic hydroxyl groups excluding tert-OH is 1. The number of aliphatic hydroxyl groups is 1. The lowest BCUT2D eigenvalue weighted by Crippen LogP contribution is -2.32. The van der Waals surface area contributed by atoms with Crippen LogP contribution < -0.4 is 0 Å². The maximum atomic E-state index is 11.1. The van der Waals surface area contributed by atoms with Crippen LogP contribution in [0.4, 0.5) is 0 Å². The van der Waals surface area contributed by atoms with E-state index in [0.29, 0.717) is 31.5 Å². The molecule has 5 heteroatoms. The zero-order valence-electron chi connectivity index (χ0n) is 18.6. The topological polar surface area (TPSA) is 65.0 Å². The molecule has 1 aliphatic heterocycles. The van der Waals surface area contributed by atoms with E-state index < -0.39 is 5.79 Å². The van der Waals surface area contributed by atoms with Crippen LogP contribution in [-0.2, 0) is 19.0 Å². The molecule has 1 heterocycles. The molecule has 29 heavy (non-hydrogen) atoms. The minimum atomic E-state index is -0.405. The maximum absolute atomic E-state index is 11.1. The molecular weight excluding hydrogens is 368 g/mol. The lowest BCUT2D eigenvalue weighted by atomic mass is 9.85. The number of unbranched alkanes of at least 4 members (excludes halogenated alkanes) is 4. The smallest absolute Gasteiger partial charge is 0.305 e. The third-order valence-corrected chi connectivity index (χ3v) is 6.60. The third kappa shape index (κ3) is 8.39. The number of methoxy groups -OCH3 is 1. The monoisotopic (exact) mass is 410 g/mol. The molecule has 0 amide bonds. The van der Waals surface area contributed by atoms with E-state index in [1.54, 1.807) is 0 Å². The van der Waals surface area contributed by atoms with E-state index in [1.165, 1.54) is 20.0 Å². The minimum absolute atomic E-state index is 0.126. The van der Waals surface area contributed by atoms with Gasteiger partial charge in [0.25, 0.3) is 0 Å². The standard InChI is InChI=1S/C24H42O5/c1-3-4-10-16-24(28-18-19-29-24)17-15-21-20(13-14-22(21)25)11-8-6-5-7-9-12-23(26)27-2/h6,8,20-22,25H,3-5,7,9-19H2,1-2H3/b8-6-/t20?,21-,22-/m1/s1. The van der Waals surface area contributed by atoms with Gasteiger partial charge in [-0.2, -0.15) is 0 Å². The Balaban J connectivity index is 1.72. The predicted octanol–water partition coefficient (Wildman–Crippen LogP) is 5.16. The van der Waals surface area contributed by atoms with Gasteiger partial charge in [0.05, 0.1) is 26.4 Å². The van der Waals surface area contributed by atoms with Gasteiger partial charge in [-0.05, 0) is 63.2 Å². The Morgan fingerprint density at radius 2 is 1.90 bits per heavy atom. The molecular formula is C24H42O5. The summed E-state index contributed by atoms with van der Waals surface area (Å²) in [6.45, 7) is 3.61. The van der Waals surface area contributed by atoms with Gasteiger partial charge < -0.3 is 19.3 Å². The van der Waals surface area contributed by atoms with Gasteiger partial charge in [-0.3, -0.25) is 4.79 Å². The first-order valence-corrected chi connectivity index (χ1v) is 11.8. The van der Waals surface area contributed by atoms with E-state index in [9.17, 15) is 9.90 Å². The highest BCUT2D eigenvalue weighted by molar-refractivity contribution is 5.68. The zero-order chi connectivity index (χ0) is 21.0. The SMILES string of the molecule is CCCCCC1(CC[C@@H]2C(C/C=C\CCCCC(=O)OC)CC[C@H]2O)OCCO1. The Morgan fingerprint density at radius 3 is 2.62 bits per heavy atom. The summed E-state index contributed by atoms with van der Waals surface area (Å²) in [7, 11) is 1.44. The molecule has 168 valence electrons. The van der Waals surface area contributed by atoms with Crippen molar-refractivity contribution in [2.24, 2.45) is 11.8 Å². The van der Waals surface area contributed by atoms with Crippen LogP contribution in [0.25, 0.3) is 0 Å². The van der Waals surface area contributed by atoms with Crippen LogP contribution in [0.5, 0.6) is 0 Å². The highest BCUT2D eigenvalue weighted by atomic mass is 16.7. The van der Waals surface area contributed by atoms with E-state index in [4.69, 9.17) is 9.47 Å². The van der Waals surface area contributed by atoms with Gasteiger partial charge in [-0.25, -0.2) is 0 Å². The van der Waals surface area contributed by atoms with Crippen molar-refractivity contribution in [3.05, 3.63) is 12.2 Å². The Labute approximate surface area is 177 Å². The number of hydrogen-bond donors (Lipinski definition) is 1. The number of esters is 1. The summed E-state index contributed by atoms with van der Waals surface area (Å²) in [6, 6.07) is 0. The van der Waals surface area contributed by atoms with Crippen molar-refractivity contribution in [3.8, 4) is 0 Å². The molecule has 0 spiro atoms. The van der Waals surface area contributed by atoms with Gasteiger partial charge in [-0.15, -0.1) is 0 Å². The fourth-order valence-corrected chi connectivity index (χ4v) is 4.81. The Kier molecular flexibility index (Phi) is 11.3. The molecule has 2 fully saturated rings. The van der Waals surface area contributed by atoms with Crippen LogP contribution in [0.15, 0.2) is 12.2 Å². The van der Waals surface area contributed by atoms with E-state index in [1.807, 2.05) is 0 Å². The highest BCUT2D eigenvalue weighted by Crippen LogP contribution is 2.41. The van der Waals surface area contributed by atoms with Crippen molar-refractivity contribution in [2.45, 2.75) is 102 Å². The molecule has 1 N–H and O–H groups in total. The predicted molar refractivity (Wildman–Crippen MR) is 114 cm³/mol. The lowest BCUT2D eigenvalue weighted by Gasteiger charge is -2.30. The normalized spacial score (nSPS) is 26.4. The Bertz CT molecular complexity index is 484. The van der Waals surface area contributed by atoms with Crippen LogP contribution in [0.1, 0.15) is 90.4 Å². The molecule has 5 nitrogen and oxygen atoms in total. The van der Waals surface area contributed by atoms with E-state index in [2.05, 4.69) is 23.8 Å². The summed E-state index contributed by atoms with van der Waals surface area (Å²) in [5.74, 6) is 0.358. The van der Waals surface area contributed by atoms with Crippen LogP contribution in [0.2, 0.25) is 0 Å². The molecule has 1 aliphatic carbocycles. The summed E-state index contributed by atoms with van der Waals surface area (Å²) in [4.78, 5) is 11.1. The molecule has 0 radical (unpaired) electrons. The van der Waals surface area contributed by atoms with Crippen LogP contribution in [-0.4, -0.2) is 43.3 Å². The maximum Gasteiger partial charge on any atom is 0.305 e. The number of rotatable bonds is 14. The lowest BCUT2D eigenvalue weighted by molar-refractivity contribution is -0.171. The molecule has 1 unspecified atom stereocenters. The molecule has 1 saturated carbocycles. The van der Waals surface area contributed by atoms with Crippen molar-refractivity contribution < 1.29 is 24.1 Å². The second-order valence-electron chi connectivity index (χ2n) is 8.70. The van der Waals surface area contributed by atoms with Gasteiger partial charge >= 0.3 is 5.97 Å². The highest BCUT2D eigenvalue weighted by Gasteiger charge is 2.40. The van der Waals surface area contributed by atoms with E-state index >= 15 is 0 Å². The number of carbonyl (C=O) groups excluding carboxylic acids is 1. The van der Waals surface area contributed by atoms with Crippen LogP contribution >= 0.6 is 0 Å². The van der Waals surface area contributed by atoms with Gasteiger partial charge in [0.1, 0.15) is 0 Å². The summed E-state index contributed by atoms with van der Waals surface area (Å²) in [5, 5.41) is 10.5. The fraction of sp³-hybridized carbons (Fsp3) is 0.875. The third-order valence-electron chi connectivity index (χ3n) is 6.60. The first kappa shape index (κ1) is 24.4. The first-order valence-electron chi connectivity index (χ1n) is 11.8. The van der Waals surface area contributed by atoms with E-state index in [-0.39, 0.29) is 12.1 Å². The number of ether oxygens (including phenoxy) is 3. The number of allylic oxidation sites excluding steroid dienone is 2. The summed E-state index contributed by atoms with van der Waals surface area (Å²) >= 11 is 0. The van der Waals surface area contributed by atoms with Crippen molar-refractivity contribution in [1.29, 1.82) is 0 Å². The molecule has 2 aliphatic rings. The minimum Gasteiger partial charge on any atom is -0.469 e. The second-order valence-corrected chi connectivity index (χ2v) is 8.70. The van der Waals surface area contributed by atoms with E-state index in [0.717, 1.165) is 64.2 Å². The Morgan fingerprint density at radius 1 is 1.10 bits per heavy atom. The number of carbonyl (C=O) groups is 1. The summed E-state index contributed by atoms with van der Waals surface area (Å²) in [5.41, 5.74) is 0. The molecule has 0 aromatic rings. The number of hydrogen-bond acceptors (Lipinski definition) is 5. The first-order chi connectivity index (χ1) is 14.1. The van der Waals surface area contributed by atoms with Gasteiger partial charge in [-0.1, -0.05) is 31.9 Å². The Hall–Kier alpha value is -0.910. The average Bonchev–Trinajstić information content (AvgIpc) is 3.33. The molecule has 0 bridgehead atoms. The molecule has 0 aromatic carbocycles. The van der Waals surface area contributed by atoms with Gasteiger partial charge in [0.15, 0.2) is 5.79 Å². The largest absolute Gasteiger partial charge is 0.469 e. The molecule has 3 atom stereocenters. The quantitative estimate of drug-likeness (QED) is 0.243. The van der Waals surface area contributed by atoms with Crippen LogP contribution in [0, 0.1) is 11.8 Å². The zero-order valence-corrected chi connectivity index (χ0v) is 18.6. The van der Waals surface area contributed by atoms with Crippen molar-refractivity contribution >= 4 is 5.97 Å². The fourth-order valence-electron chi connectivity index (χ4n) is 4.81.